The minimum Gasteiger partial charge on any atom is -0.355 e. The van der Waals surface area contributed by atoms with Crippen molar-refractivity contribution in [1.82, 2.24) is 10.6 Å². The Morgan fingerprint density at radius 2 is 1.84 bits per heavy atom. The summed E-state index contributed by atoms with van der Waals surface area (Å²) in [4.78, 5) is 11.5. The molecule has 2 atom stereocenters. The Bertz CT molecular complexity index is 406. The predicted octanol–water partition coefficient (Wildman–Crippen LogP) is 2.40. The number of amides is 1. The number of carbonyl (C=O) groups is 1. The third-order valence-electron chi connectivity index (χ3n) is 2.62. The van der Waals surface area contributed by atoms with Crippen molar-refractivity contribution in [2.45, 2.75) is 32.1 Å². The van der Waals surface area contributed by atoms with E-state index < -0.39 is 24.2 Å². The first-order chi connectivity index (χ1) is 8.86. The molecular formula is C13H17F3N2O. The first-order valence-corrected chi connectivity index (χ1v) is 6.01. The van der Waals surface area contributed by atoms with Crippen molar-refractivity contribution in [3.8, 4) is 0 Å². The lowest BCUT2D eigenvalue weighted by molar-refractivity contribution is -0.160. The number of halogens is 3. The summed E-state index contributed by atoms with van der Waals surface area (Å²) in [5, 5.41) is 4.81. The first-order valence-electron chi connectivity index (χ1n) is 6.01. The lowest BCUT2D eigenvalue weighted by Gasteiger charge is -2.25. The van der Waals surface area contributed by atoms with E-state index in [9.17, 15) is 18.0 Å². The highest BCUT2D eigenvalue weighted by atomic mass is 19.4. The van der Waals surface area contributed by atoms with E-state index in [-0.39, 0.29) is 5.56 Å². The van der Waals surface area contributed by atoms with Gasteiger partial charge in [0.1, 0.15) is 6.04 Å². The van der Waals surface area contributed by atoms with E-state index in [2.05, 4.69) is 10.6 Å². The van der Waals surface area contributed by atoms with E-state index in [1.54, 1.807) is 13.0 Å². The highest BCUT2D eigenvalue weighted by Gasteiger charge is 2.41. The Kier molecular flexibility index (Phi) is 5.35. The Balaban J connectivity index is 2.86. The number of alkyl halides is 3. The van der Waals surface area contributed by atoms with Crippen molar-refractivity contribution in [1.29, 1.82) is 0 Å². The molecular weight excluding hydrogens is 257 g/mol. The monoisotopic (exact) mass is 274 g/mol. The van der Waals surface area contributed by atoms with Crippen LogP contribution in [0.5, 0.6) is 0 Å². The molecule has 1 rings (SSSR count). The van der Waals surface area contributed by atoms with E-state index in [0.29, 0.717) is 6.54 Å². The van der Waals surface area contributed by atoms with Crippen molar-refractivity contribution >= 4 is 5.91 Å². The standard InChI is InChI=1S/C13H17F3N2O/c1-3-17-12(19)9(2)18-11(13(14,15)16)10-7-5-4-6-8-10/h4-9,11,18H,3H2,1-2H3,(H,17,19). The van der Waals surface area contributed by atoms with Crippen LogP contribution in [-0.2, 0) is 4.79 Å². The molecule has 0 heterocycles. The second-order valence-electron chi connectivity index (χ2n) is 4.17. The quantitative estimate of drug-likeness (QED) is 0.865. The third-order valence-corrected chi connectivity index (χ3v) is 2.62. The average molecular weight is 274 g/mol. The Hall–Kier alpha value is -1.56. The SMILES string of the molecule is CCNC(=O)C(C)NC(c1ccccc1)C(F)(F)F. The van der Waals surface area contributed by atoms with Crippen LogP contribution < -0.4 is 10.6 Å². The van der Waals surface area contributed by atoms with Crippen molar-refractivity contribution in [3.05, 3.63) is 35.9 Å². The van der Waals surface area contributed by atoms with Crippen LogP contribution in [0.25, 0.3) is 0 Å². The number of rotatable bonds is 5. The van der Waals surface area contributed by atoms with Crippen LogP contribution in [0.15, 0.2) is 30.3 Å². The minimum atomic E-state index is -4.46. The molecule has 19 heavy (non-hydrogen) atoms. The number of carbonyl (C=O) groups excluding carboxylic acids is 1. The van der Waals surface area contributed by atoms with Gasteiger partial charge in [-0.15, -0.1) is 0 Å². The molecule has 1 aromatic rings. The maximum Gasteiger partial charge on any atom is 0.407 e. The molecule has 6 heteroatoms. The molecule has 0 fully saturated rings. The molecule has 0 bridgehead atoms. The molecule has 3 nitrogen and oxygen atoms in total. The highest BCUT2D eigenvalue weighted by Crippen LogP contribution is 2.32. The van der Waals surface area contributed by atoms with Crippen LogP contribution in [0.1, 0.15) is 25.5 Å². The smallest absolute Gasteiger partial charge is 0.355 e. The summed E-state index contributed by atoms with van der Waals surface area (Å²) < 4.78 is 39.1. The summed E-state index contributed by atoms with van der Waals surface area (Å²) in [6.45, 7) is 3.50. The van der Waals surface area contributed by atoms with Gasteiger partial charge in [0, 0.05) is 6.54 Å². The van der Waals surface area contributed by atoms with Gasteiger partial charge in [0.2, 0.25) is 5.91 Å². The van der Waals surface area contributed by atoms with Gasteiger partial charge in [-0.25, -0.2) is 0 Å². The topological polar surface area (TPSA) is 41.1 Å². The largest absolute Gasteiger partial charge is 0.407 e. The van der Waals surface area contributed by atoms with Gasteiger partial charge in [-0.1, -0.05) is 30.3 Å². The van der Waals surface area contributed by atoms with E-state index in [0.717, 1.165) is 0 Å². The van der Waals surface area contributed by atoms with Gasteiger partial charge >= 0.3 is 6.18 Å². The average Bonchev–Trinajstić information content (AvgIpc) is 2.35. The highest BCUT2D eigenvalue weighted by molar-refractivity contribution is 5.81. The second kappa shape index (κ2) is 6.56. The zero-order chi connectivity index (χ0) is 14.5. The van der Waals surface area contributed by atoms with Crippen molar-refractivity contribution in [3.63, 3.8) is 0 Å². The van der Waals surface area contributed by atoms with E-state index in [1.165, 1.54) is 31.2 Å². The van der Waals surface area contributed by atoms with Gasteiger partial charge in [-0.2, -0.15) is 13.2 Å². The normalized spacial score (nSPS) is 14.8. The number of nitrogens with one attached hydrogen (secondary N) is 2. The van der Waals surface area contributed by atoms with Crippen LogP contribution in [0, 0.1) is 0 Å². The Morgan fingerprint density at radius 1 is 1.26 bits per heavy atom. The summed E-state index contributed by atoms with van der Waals surface area (Å²) in [5.41, 5.74) is 0.0890. The molecule has 0 saturated heterocycles. The van der Waals surface area contributed by atoms with E-state index in [1.807, 2.05) is 0 Å². The molecule has 0 radical (unpaired) electrons. The first kappa shape index (κ1) is 15.5. The summed E-state index contributed by atoms with van der Waals surface area (Å²) in [7, 11) is 0. The fourth-order valence-electron chi connectivity index (χ4n) is 1.68. The number of hydrogen-bond donors (Lipinski definition) is 2. The summed E-state index contributed by atoms with van der Waals surface area (Å²) >= 11 is 0. The van der Waals surface area contributed by atoms with Crippen molar-refractivity contribution < 1.29 is 18.0 Å². The molecule has 0 aliphatic carbocycles. The molecule has 0 aliphatic rings. The van der Waals surface area contributed by atoms with Gasteiger partial charge in [0.05, 0.1) is 6.04 Å². The van der Waals surface area contributed by atoms with Crippen LogP contribution in [0.2, 0.25) is 0 Å². The zero-order valence-electron chi connectivity index (χ0n) is 10.8. The van der Waals surface area contributed by atoms with Gasteiger partial charge < -0.3 is 5.32 Å². The second-order valence-corrected chi connectivity index (χ2v) is 4.17. The van der Waals surface area contributed by atoms with Crippen LogP contribution in [0.3, 0.4) is 0 Å². The fourth-order valence-corrected chi connectivity index (χ4v) is 1.68. The Labute approximate surface area is 110 Å². The van der Waals surface area contributed by atoms with Gasteiger partial charge in [0.25, 0.3) is 0 Å². The molecule has 0 aromatic heterocycles. The minimum absolute atomic E-state index is 0.0890. The van der Waals surface area contributed by atoms with Gasteiger partial charge in [-0.3, -0.25) is 10.1 Å². The summed E-state index contributed by atoms with van der Waals surface area (Å²) in [6, 6.07) is 4.70. The number of likely N-dealkylation sites (N-methyl/N-ethyl adjacent to an activating group) is 1. The van der Waals surface area contributed by atoms with Crippen molar-refractivity contribution in [2.24, 2.45) is 0 Å². The van der Waals surface area contributed by atoms with E-state index >= 15 is 0 Å². The summed E-state index contributed by atoms with van der Waals surface area (Å²) in [6.07, 6.45) is -4.46. The molecule has 0 spiro atoms. The molecule has 0 aliphatic heterocycles. The van der Waals surface area contributed by atoms with Crippen LogP contribution in [0.4, 0.5) is 13.2 Å². The number of benzene rings is 1. The maximum absolute atomic E-state index is 13.0. The molecule has 0 saturated carbocycles. The van der Waals surface area contributed by atoms with Gasteiger partial charge in [0.15, 0.2) is 0 Å². The molecule has 2 N–H and O–H groups in total. The Morgan fingerprint density at radius 3 is 2.32 bits per heavy atom. The predicted molar refractivity (Wildman–Crippen MR) is 66.5 cm³/mol. The molecule has 106 valence electrons. The van der Waals surface area contributed by atoms with Crippen molar-refractivity contribution in [2.75, 3.05) is 6.54 Å². The van der Waals surface area contributed by atoms with Gasteiger partial charge in [-0.05, 0) is 19.4 Å². The maximum atomic E-state index is 13.0. The summed E-state index contributed by atoms with van der Waals surface area (Å²) in [5.74, 6) is -0.451. The van der Waals surface area contributed by atoms with E-state index in [4.69, 9.17) is 0 Å². The molecule has 1 amide bonds. The number of hydrogen-bond acceptors (Lipinski definition) is 2. The fraction of sp³-hybridized carbons (Fsp3) is 0.462. The molecule has 2 unspecified atom stereocenters. The van der Waals surface area contributed by atoms with Crippen LogP contribution >= 0.6 is 0 Å². The molecule has 1 aromatic carbocycles. The third kappa shape index (κ3) is 4.55. The lowest BCUT2D eigenvalue weighted by Crippen LogP contribution is -2.47. The lowest BCUT2D eigenvalue weighted by atomic mass is 10.1. The zero-order valence-corrected chi connectivity index (χ0v) is 10.8. The van der Waals surface area contributed by atoms with Crippen LogP contribution in [-0.4, -0.2) is 24.7 Å².